The number of hydrogen-bond donors (Lipinski definition) is 0. The van der Waals surface area contributed by atoms with E-state index in [-0.39, 0.29) is 5.22 Å². The Labute approximate surface area is 65.9 Å². The topological polar surface area (TPSA) is 9.23 Å². The van der Waals surface area contributed by atoms with Crippen molar-refractivity contribution in [3.63, 3.8) is 0 Å². The minimum atomic E-state index is 0.135. The SMILES string of the molecule is CC(C)([SiH3])OC1=CCCC1. The van der Waals surface area contributed by atoms with Crippen molar-refractivity contribution >= 4 is 10.2 Å². The van der Waals surface area contributed by atoms with E-state index in [0.717, 1.165) is 16.7 Å². The number of ether oxygens (including phenoxy) is 1. The Balaban J connectivity index is 2.38. The zero-order chi connectivity index (χ0) is 7.61. The van der Waals surface area contributed by atoms with E-state index >= 15 is 0 Å². The molecular formula is C8H16OSi. The molecule has 2 heteroatoms. The van der Waals surface area contributed by atoms with Crippen molar-refractivity contribution in [3.8, 4) is 0 Å². The molecule has 1 rings (SSSR count). The molecular weight excluding hydrogens is 140 g/mol. The van der Waals surface area contributed by atoms with Crippen molar-refractivity contribution in [1.29, 1.82) is 0 Å². The molecule has 0 aromatic heterocycles. The summed E-state index contributed by atoms with van der Waals surface area (Å²) in [6, 6.07) is 0. The predicted molar refractivity (Wildman–Crippen MR) is 47.0 cm³/mol. The van der Waals surface area contributed by atoms with Crippen LogP contribution in [0, 0.1) is 0 Å². The van der Waals surface area contributed by atoms with Crippen molar-refractivity contribution in [2.24, 2.45) is 0 Å². The molecule has 0 fully saturated rings. The first-order valence-corrected chi connectivity index (χ1v) is 4.96. The molecule has 1 aliphatic rings. The lowest BCUT2D eigenvalue weighted by Gasteiger charge is -2.22. The summed E-state index contributed by atoms with van der Waals surface area (Å²) in [6.07, 6.45) is 5.88. The van der Waals surface area contributed by atoms with Gasteiger partial charge in [0, 0.05) is 6.42 Å². The summed E-state index contributed by atoms with van der Waals surface area (Å²) in [5.74, 6) is 1.22. The Morgan fingerprint density at radius 1 is 1.60 bits per heavy atom. The number of rotatable bonds is 2. The van der Waals surface area contributed by atoms with Crippen LogP contribution in [-0.4, -0.2) is 15.5 Å². The van der Waals surface area contributed by atoms with E-state index in [1.165, 1.54) is 18.6 Å². The molecule has 1 nitrogen and oxygen atoms in total. The van der Waals surface area contributed by atoms with Gasteiger partial charge in [0.15, 0.2) is 0 Å². The summed E-state index contributed by atoms with van der Waals surface area (Å²) < 4.78 is 5.72. The molecule has 0 radical (unpaired) electrons. The van der Waals surface area contributed by atoms with Gasteiger partial charge in [0.05, 0.1) is 21.2 Å². The lowest BCUT2D eigenvalue weighted by molar-refractivity contribution is 0.105. The molecule has 1 aliphatic carbocycles. The molecule has 0 unspecified atom stereocenters. The molecule has 0 spiro atoms. The maximum absolute atomic E-state index is 5.72. The second-order valence-corrected chi connectivity index (χ2v) is 6.19. The third-order valence-corrected chi connectivity index (χ3v) is 1.64. The molecule has 0 atom stereocenters. The van der Waals surface area contributed by atoms with E-state index < -0.39 is 0 Å². The molecule has 10 heavy (non-hydrogen) atoms. The lowest BCUT2D eigenvalue weighted by atomic mass is 10.3. The largest absolute Gasteiger partial charge is 0.497 e. The Kier molecular flexibility index (Phi) is 2.19. The Morgan fingerprint density at radius 2 is 2.30 bits per heavy atom. The lowest BCUT2D eigenvalue weighted by Crippen LogP contribution is -2.23. The van der Waals surface area contributed by atoms with Crippen LogP contribution in [0.3, 0.4) is 0 Å². The van der Waals surface area contributed by atoms with E-state index in [0.29, 0.717) is 0 Å². The van der Waals surface area contributed by atoms with Crippen LogP contribution < -0.4 is 0 Å². The first kappa shape index (κ1) is 7.86. The van der Waals surface area contributed by atoms with Gasteiger partial charge in [0.1, 0.15) is 0 Å². The van der Waals surface area contributed by atoms with E-state index in [1.807, 2.05) is 0 Å². The van der Waals surface area contributed by atoms with Crippen LogP contribution in [0.25, 0.3) is 0 Å². The van der Waals surface area contributed by atoms with Crippen LogP contribution in [0.5, 0.6) is 0 Å². The third kappa shape index (κ3) is 2.56. The van der Waals surface area contributed by atoms with Gasteiger partial charge in [-0.25, -0.2) is 0 Å². The van der Waals surface area contributed by atoms with Crippen LogP contribution >= 0.6 is 0 Å². The van der Waals surface area contributed by atoms with Crippen LogP contribution in [0.1, 0.15) is 33.1 Å². The highest BCUT2D eigenvalue weighted by Gasteiger charge is 2.14. The maximum atomic E-state index is 5.72. The van der Waals surface area contributed by atoms with E-state index in [4.69, 9.17) is 4.74 Å². The molecule has 58 valence electrons. The molecule has 0 saturated carbocycles. The standard InChI is InChI=1S/C8H16OSi/c1-8(2,10)9-7-5-3-4-6-7/h5H,3-4,6H2,1-2,10H3. The van der Waals surface area contributed by atoms with Gasteiger partial charge in [-0.1, -0.05) is 0 Å². The Morgan fingerprint density at radius 3 is 2.70 bits per heavy atom. The molecule has 0 aliphatic heterocycles. The smallest absolute Gasteiger partial charge is 0.0922 e. The van der Waals surface area contributed by atoms with Crippen LogP contribution in [0.15, 0.2) is 11.8 Å². The fourth-order valence-electron chi connectivity index (χ4n) is 1.13. The van der Waals surface area contributed by atoms with E-state index in [2.05, 4.69) is 19.9 Å². The minimum Gasteiger partial charge on any atom is -0.497 e. The van der Waals surface area contributed by atoms with Crippen molar-refractivity contribution < 1.29 is 4.74 Å². The predicted octanol–water partition coefficient (Wildman–Crippen LogP) is 1.17. The zero-order valence-corrected chi connectivity index (χ0v) is 9.11. The normalized spacial score (nSPS) is 19.2. The van der Waals surface area contributed by atoms with Gasteiger partial charge in [-0.2, -0.15) is 0 Å². The molecule has 0 N–H and O–H groups in total. The van der Waals surface area contributed by atoms with Crippen molar-refractivity contribution in [3.05, 3.63) is 11.8 Å². The third-order valence-electron chi connectivity index (χ3n) is 1.44. The van der Waals surface area contributed by atoms with Crippen molar-refractivity contribution in [2.75, 3.05) is 0 Å². The van der Waals surface area contributed by atoms with Gasteiger partial charge in [0.2, 0.25) is 0 Å². The van der Waals surface area contributed by atoms with E-state index in [1.54, 1.807) is 0 Å². The van der Waals surface area contributed by atoms with E-state index in [9.17, 15) is 0 Å². The minimum absolute atomic E-state index is 0.135. The summed E-state index contributed by atoms with van der Waals surface area (Å²) in [5.41, 5.74) is 0. The van der Waals surface area contributed by atoms with Crippen molar-refractivity contribution in [1.82, 2.24) is 0 Å². The quantitative estimate of drug-likeness (QED) is 0.545. The van der Waals surface area contributed by atoms with Gasteiger partial charge < -0.3 is 4.74 Å². The molecule has 0 heterocycles. The zero-order valence-electron chi connectivity index (χ0n) is 7.11. The second kappa shape index (κ2) is 2.78. The molecule has 0 bridgehead atoms. The average molecular weight is 156 g/mol. The van der Waals surface area contributed by atoms with Gasteiger partial charge in [-0.3, -0.25) is 0 Å². The fourth-order valence-corrected chi connectivity index (χ4v) is 1.39. The number of allylic oxidation sites excluding steroid dienone is 2. The van der Waals surface area contributed by atoms with Crippen molar-refractivity contribution in [2.45, 2.75) is 38.3 Å². The van der Waals surface area contributed by atoms with Crippen LogP contribution in [0.2, 0.25) is 0 Å². The molecule has 0 aromatic rings. The highest BCUT2D eigenvalue weighted by molar-refractivity contribution is 6.13. The summed E-state index contributed by atoms with van der Waals surface area (Å²) in [5, 5.41) is 0.135. The molecule has 0 saturated heterocycles. The Hall–Kier alpha value is -0.243. The summed E-state index contributed by atoms with van der Waals surface area (Å²) in [6.45, 7) is 4.30. The van der Waals surface area contributed by atoms with Crippen LogP contribution in [-0.2, 0) is 4.74 Å². The molecule has 0 aromatic carbocycles. The highest BCUT2D eigenvalue weighted by Crippen LogP contribution is 2.22. The highest BCUT2D eigenvalue weighted by atomic mass is 28.1. The van der Waals surface area contributed by atoms with Gasteiger partial charge in [-0.05, 0) is 32.8 Å². The first-order valence-electron chi connectivity index (χ1n) is 3.96. The summed E-state index contributed by atoms with van der Waals surface area (Å²) in [4.78, 5) is 0. The summed E-state index contributed by atoms with van der Waals surface area (Å²) >= 11 is 0. The number of hydrogen-bond acceptors (Lipinski definition) is 1. The van der Waals surface area contributed by atoms with Gasteiger partial charge >= 0.3 is 0 Å². The van der Waals surface area contributed by atoms with Crippen LogP contribution in [0.4, 0.5) is 0 Å². The summed E-state index contributed by atoms with van der Waals surface area (Å²) in [7, 11) is 1.10. The Bertz CT molecular complexity index is 144. The fraction of sp³-hybridized carbons (Fsp3) is 0.750. The first-order chi connectivity index (χ1) is 4.58. The van der Waals surface area contributed by atoms with Gasteiger partial charge in [0.25, 0.3) is 0 Å². The second-order valence-electron chi connectivity index (χ2n) is 3.78. The average Bonchev–Trinajstić information content (AvgIpc) is 2.12. The molecule has 0 amide bonds. The monoisotopic (exact) mass is 156 g/mol. The maximum Gasteiger partial charge on any atom is 0.0922 e. The van der Waals surface area contributed by atoms with Gasteiger partial charge in [-0.15, -0.1) is 0 Å².